The molecule has 4 rings (SSSR count). The van der Waals surface area contributed by atoms with Gasteiger partial charge in [0.2, 0.25) is 0 Å². The molecule has 0 fully saturated rings. The second kappa shape index (κ2) is 4.77. The molecule has 104 valence electrons. The smallest absolute Gasteiger partial charge is 0.253 e. The standard InChI is InChI=1S/C18H16N2O/c21-18(15-7-3-5-13-10-11-19-17(13)15)20-16-9-8-12-4-1-2-6-14(12)16/h1-7,10-11,16,19H,8-9H2,(H,20,21). The van der Waals surface area contributed by atoms with E-state index < -0.39 is 0 Å². The molecule has 0 spiro atoms. The van der Waals surface area contributed by atoms with Gasteiger partial charge in [-0.05, 0) is 36.1 Å². The third-order valence-corrected chi connectivity index (χ3v) is 4.27. The van der Waals surface area contributed by atoms with E-state index >= 15 is 0 Å². The number of carbonyl (C=O) groups excluding carboxylic acids is 1. The highest BCUT2D eigenvalue weighted by atomic mass is 16.1. The van der Waals surface area contributed by atoms with Crippen LogP contribution >= 0.6 is 0 Å². The fourth-order valence-corrected chi connectivity index (χ4v) is 3.22. The molecular weight excluding hydrogens is 260 g/mol. The average Bonchev–Trinajstić information content (AvgIpc) is 3.14. The highest BCUT2D eigenvalue weighted by Gasteiger charge is 2.24. The zero-order chi connectivity index (χ0) is 14.2. The molecule has 1 atom stereocenters. The van der Waals surface area contributed by atoms with Crippen LogP contribution in [0.3, 0.4) is 0 Å². The molecule has 1 heterocycles. The Bertz CT molecular complexity index is 819. The summed E-state index contributed by atoms with van der Waals surface area (Å²) in [5.74, 6) is -0.00949. The van der Waals surface area contributed by atoms with Gasteiger partial charge in [0, 0.05) is 11.6 Å². The topological polar surface area (TPSA) is 44.9 Å². The molecule has 1 aliphatic carbocycles. The number of fused-ring (bicyclic) bond motifs is 2. The minimum Gasteiger partial charge on any atom is -0.361 e. The number of rotatable bonds is 2. The van der Waals surface area contributed by atoms with Gasteiger partial charge in [-0.2, -0.15) is 0 Å². The molecule has 0 aliphatic heterocycles. The molecule has 0 bridgehead atoms. The number of aryl methyl sites for hydroxylation is 1. The van der Waals surface area contributed by atoms with Gasteiger partial charge in [-0.3, -0.25) is 4.79 Å². The second-order valence-corrected chi connectivity index (χ2v) is 5.51. The largest absolute Gasteiger partial charge is 0.361 e. The first-order valence-corrected chi connectivity index (χ1v) is 7.28. The maximum Gasteiger partial charge on any atom is 0.253 e. The maximum absolute atomic E-state index is 12.6. The Hall–Kier alpha value is -2.55. The van der Waals surface area contributed by atoms with E-state index in [2.05, 4.69) is 28.5 Å². The van der Waals surface area contributed by atoms with Gasteiger partial charge in [-0.25, -0.2) is 0 Å². The van der Waals surface area contributed by atoms with Crippen LogP contribution in [0.2, 0.25) is 0 Å². The van der Waals surface area contributed by atoms with Gasteiger partial charge in [0.25, 0.3) is 5.91 Å². The maximum atomic E-state index is 12.6. The zero-order valence-electron chi connectivity index (χ0n) is 11.6. The quantitative estimate of drug-likeness (QED) is 0.738. The Morgan fingerprint density at radius 1 is 1.10 bits per heavy atom. The molecule has 0 saturated heterocycles. The molecule has 0 saturated carbocycles. The first kappa shape index (κ1) is 12.2. The number of amides is 1. The Balaban J connectivity index is 1.64. The van der Waals surface area contributed by atoms with E-state index in [-0.39, 0.29) is 11.9 Å². The summed E-state index contributed by atoms with van der Waals surface area (Å²) in [5.41, 5.74) is 4.22. The van der Waals surface area contributed by atoms with Gasteiger partial charge in [0.1, 0.15) is 0 Å². The number of benzene rings is 2. The first-order chi connectivity index (χ1) is 10.3. The fourth-order valence-electron chi connectivity index (χ4n) is 3.22. The Morgan fingerprint density at radius 2 is 2.00 bits per heavy atom. The normalized spacial score (nSPS) is 16.9. The monoisotopic (exact) mass is 276 g/mol. The minimum atomic E-state index is -0.00949. The number of nitrogens with one attached hydrogen (secondary N) is 2. The Labute approximate surface area is 123 Å². The molecule has 1 aromatic heterocycles. The van der Waals surface area contributed by atoms with Crippen LogP contribution in [-0.4, -0.2) is 10.9 Å². The van der Waals surface area contributed by atoms with Gasteiger partial charge >= 0.3 is 0 Å². The lowest BCUT2D eigenvalue weighted by atomic mass is 10.1. The predicted octanol–water partition coefficient (Wildman–Crippen LogP) is 3.59. The summed E-state index contributed by atoms with van der Waals surface area (Å²) in [6.45, 7) is 0. The minimum absolute atomic E-state index is 0.00949. The molecule has 3 heteroatoms. The van der Waals surface area contributed by atoms with E-state index in [1.807, 2.05) is 36.5 Å². The van der Waals surface area contributed by atoms with E-state index in [1.54, 1.807) is 0 Å². The molecule has 0 radical (unpaired) electrons. The highest BCUT2D eigenvalue weighted by Crippen LogP contribution is 2.31. The van der Waals surface area contributed by atoms with Crippen molar-refractivity contribution in [3.63, 3.8) is 0 Å². The van der Waals surface area contributed by atoms with Crippen molar-refractivity contribution in [1.29, 1.82) is 0 Å². The third-order valence-electron chi connectivity index (χ3n) is 4.27. The summed E-state index contributed by atoms with van der Waals surface area (Å²) in [5, 5.41) is 4.24. The molecule has 2 N–H and O–H groups in total. The molecule has 1 amide bonds. The van der Waals surface area contributed by atoms with Gasteiger partial charge < -0.3 is 10.3 Å². The SMILES string of the molecule is O=C(NC1CCc2ccccc21)c1cccc2cc[nH]c12. The number of hydrogen-bond donors (Lipinski definition) is 2. The average molecular weight is 276 g/mol. The number of hydrogen-bond acceptors (Lipinski definition) is 1. The summed E-state index contributed by atoms with van der Waals surface area (Å²) in [6, 6.07) is 16.3. The van der Waals surface area contributed by atoms with Gasteiger partial charge in [0.05, 0.1) is 17.1 Å². The van der Waals surface area contributed by atoms with Crippen molar-refractivity contribution in [3.8, 4) is 0 Å². The lowest BCUT2D eigenvalue weighted by molar-refractivity contribution is 0.0938. The molecule has 3 aromatic rings. The van der Waals surface area contributed by atoms with Crippen LogP contribution in [0.15, 0.2) is 54.7 Å². The van der Waals surface area contributed by atoms with Crippen molar-refractivity contribution in [2.45, 2.75) is 18.9 Å². The van der Waals surface area contributed by atoms with Crippen molar-refractivity contribution in [2.24, 2.45) is 0 Å². The lowest BCUT2D eigenvalue weighted by Crippen LogP contribution is -2.27. The second-order valence-electron chi connectivity index (χ2n) is 5.51. The summed E-state index contributed by atoms with van der Waals surface area (Å²) < 4.78 is 0. The van der Waals surface area contributed by atoms with Crippen molar-refractivity contribution in [2.75, 3.05) is 0 Å². The predicted molar refractivity (Wildman–Crippen MR) is 83.3 cm³/mol. The summed E-state index contributed by atoms with van der Waals surface area (Å²) in [7, 11) is 0. The van der Waals surface area contributed by atoms with Crippen LogP contribution in [-0.2, 0) is 6.42 Å². The van der Waals surface area contributed by atoms with Gasteiger partial charge in [0.15, 0.2) is 0 Å². The van der Waals surface area contributed by atoms with Crippen LogP contribution in [0.25, 0.3) is 10.9 Å². The van der Waals surface area contributed by atoms with Crippen LogP contribution in [0, 0.1) is 0 Å². The van der Waals surface area contributed by atoms with E-state index in [9.17, 15) is 4.79 Å². The summed E-state index contributed by atoms with van der Waals surface area (Å²) >= 11 is 0. The summed E-state index contributed by atoms with van der Waals surface area (Å²) in [6.07, 6.45) is 3.88. The number of aromatic nitrogens is 1. The van der Waals surface area contributed by atoms with Crippen molar-refractivity contribution >= 4 is 16.8 Å². The zero-order valence-corrected chi connectivity index (χ0v) is 11.6. The fraction of sp³-hybridized carbons (Fsp3) is 0.167. The van der Waals surface area contributed by atoms with E-state index in [0.717, 1.165) is 23.7 Å². The molecule has 21 heavy (non-hydrogen) atoms. The first-order valence-electron chi connectivity index (χ1n) is 7.28. The molecule has 1 aliphatic rings. The highest BCUT2D eigenvalue weighted by molar-refractivity contribution is 6.05. The van der Waals surface area contributed by atoms with E-state index in [1.165, 1.54) is 11.1 Å². The van der Waals surface area contributed by atoms with Crippen LogP contribution in [0.1, 0.15) is 33.9 Å². The van der Waals surface area contributed by atoms with Crippen LogP contribution in [0.5, 0.6) is 0 Å². The van der Waals surface area contributed by atoms with Crippen LogP contribution in [0.4, 0.5) is 0 Å². The lowest BCUT2D eigenvalue weighted by Gasteiger charge is -2.14. The van der Waals surface area contributed by atoms with E-state index in [4.69, 9.17) is 0 Å². The number of aromatic amines is 1. The summed E-state index contributed by atoms with van der Waals surface area (Å²) in [4.78, 5) is 15.7. The number of para-hydroxylation sites is 1. The Morgan fingerprint density at radius 3 is 2.95 bits per heavy atom. The van der Waals surface area contributed by atoms with Crippen molar-refractivity contribution in [1.82, 2.24) is 10.3 Å². The molecular formula is C18H16N2O. The van der Waals surface area contributed by atoms with Gasteiger partial charge in [-0.1, -0.05) is 36.4 Å². The number of carbonyl (C=O) groups is 1. The number of H-pyrrole nitrogens is 1. The third kappa shape index (κ3) is 2.02. The van der Waals surface area contributed by atoms with Crippen molar-refractivity contribution < 1.29 is 4.79 Å². The molecule has 2 aromatic carbocycles. The van der Waals surface area contributed by atoms with Crippen LogP contribution < -0.4 is 5.32 Å². The Kier molecular flexibility index (Phi) is 2.78. The van der Waals surface area contributed by atoms with Gasteiger partial charge in [-0.15, -0.1) is 0 Å². The molecule has 1 unspecified atom stereocenters. The molecule has 3 nitrogen and oxygen atoms in total. The van der Waals surface area contributed by atoms with Crippen molar-refractivity contribution in [3.05, 3.63) is 71.4 Å². The van der Waals surface area contributed by atoms with E-state index in [0.29, 0.717) is 5.56 Å².